The molecule has 9 heteroatoms. The number of nitro groups is 2. The fourth-order valence-electron chi connectivity index (χ4n) is 3.14. The maximum Gasteiger partial charge on any atom is 0.276 e. The van der Waals surface area contributed by atoms with E-state index in [1.807, 2.05) is 60.7 Å². The lowest BCUT2D eigenvalue weighted by molar-refractivity contribution is -0.403. The first-order valence-electron chi connectivity index (χ1n) is 8.80. The van der Waals surface area contributed by atoms with E-state index < -0.39 is 27.0 Å². The number of aromatic nitrogens is 2. The molecule has 0 radical (unpaired) electrons. The van der Waals surface area contributed by atoms with E-state index in [-0.39, 0.29) is 11.4 Å². The smallest absolute Gasteiger partial charge is 0.276 e. The van der Waals surface area contributed by atoms with Crippen molar-refractivity contribution in [2.75, 3.05) is 0 Å². The molecule has 4 aromatic rings. The molecule has 0 amide bonds. The van der Waals surface area contributed by atoms with Gasteiger partial charge in [0.05, 0.1) is 27.3 Å². The molecule has 0 fully saturated rings. The molecule has 0 saturated carbocycles. The average molecular weight is 401 g/mol. The third-order valence-corrected chi connectivity index (χ3v) is 4.53. The number of benzene rings is 3. The monoisotopic (exact) mass is 401 g/mol. The SMILES string of the molecule is O=[N+]([O-])c1cc(-c2nc(-c3ccccc3)c(-c3ccccc3)[nH]2)c([O-])c([N+](=O)[O-])c1. The molecule has 0 bridgehead atoms. The van der Waals surface area contributed by atoms with Crippen LogP contribution >= 0.6 is 0 Å². The van der Waals surface area contributed by atoms with E-state index in [1.165, 1.54) is 0 Å². The van der Waals surface area contributed by atoms with Crippen molar-refractivity contribution in [1.29, 1.82) is 0 Å². The molecule has 148 valence electrons. The van der Waals surface area contributed by atoms with E-state index in [0.29, 0.717) is 17.5 Å². The summed E-state index contributed by atoms with van der Waals surface area (Å²) in [7, 11) is 0. The number of rotatable bonds is 5. The molecule has 0 aliphatic rings. The van der Waals surface area contributed by atoms with Gasteiger partial charge in [0.25, 0.3) is 11.4 Å². The Labute approximate surface area is 169 Å². The van der Waals surface area contributed by atoms with E-state index in [1.54, 1.807) is 0 Å². The van der Waals surface area contributed by atoms with E-state index in [4.69, 9.17) is 0 Å². The van der Waals surface area contributed by atoms with Gasteiger partial charge in [0.1, 0.15) is 5.82 Å². The predicted octanol–water partition coefficient (Wildman–Crippen LogP) is 4.30. The second-order valence-corrected chi connectivity index (χ2v) is 6.40. The zero-order valence-electron chi connectivity index (χ0n) is 15.3. The third-order valence-electron chi connectivity index (χ3n) is 4.53. The maximum atomic E-state index is 12.7. The number of nitro benzene ring substituents is 2. The molecular formula is C21H13N4O5-. The molecule has 0 saturated heterocycles. The molecule has 9 nitrogen and oxygen atoms in total. The number of imidazole rings is 1. The van der Waals surface area contributed by atoms with Gasteiger partial charge >= 0.3 is 0 Å². The summed E-state index contributed by atoms with van der Waals surface area (Å²) >= 11 is 0. The maximum absolute atomic E-state index is 12.7. The summed E-state index contributed by atoms with van der Waals surface area (Å²) in [5.74, 6) is -0.928. The summed E-state index contributed by atoms with van der Waals surface area (Å²) in [6.07, 6.45) is 0. The normalized spacial score (nSPS) is 10.7. The molecule has 0 unspecified atom stereocenters. The first kappa shape index (κ1) is 18.8. The van der Waals surface area contributed by atoms with E-state index in [9.17, 15) is 25.3 Å². The van der Waals surface area contributed by atoms with Crippen LogP contribution in [0.2, 0.25) is 0 Å². The minimum Gasteiger partial charge on any atom is -0.867 e. The Morgan fingerprint density at radius 1 is 0.800 bits per heavy atom. The number of nitrogens with zero attached hydrogens (tertiary/aromatic N) is 3. The van der Waals surface area contributed by atoms with Crippen LogP contribution in [0.1, 0.15) is 0 Å². The van der Waals surface area contributed by atoms with Gasteiger partial charge < -0.3 is 10.1 Å². The lowest BCUT2D eigenvalue weighted by Crippen LogP contribution is -2.02. The fraction of sp³-hybridized carbons (Fsp3) is 0. The topological polar surface area (TPSA) is 138 Å². The molecule has 0 aliphatic carbocycles. The number of aromatic amines is 1. The highest BCUT2D eigenvalue weighted by molar-refractivity contribution is 5.83. The minimum absolute atomic E-state index is 0.0181. The Kier molecular flexibility index (Phi) is 4.69. The van der Waals surface area contributed by atoms with Crippen LogP contribution in [0.3, 0.4) is 0 Å². The Hall–Kier alpha value is -4.53. The third kappa shape index (κ3) is 3.35. The first-order valence-corrected chi connectivity index (χ1v) is 8.80. The molecule has 0 atom stereocenters. The van der Waals surface area contributed by atoms with Crippen LogP contribution in [0, 0.1) is 20.2 Å². The predicted molar refractivity (Wildman–Crippen MR) is 108 cm³/mol. The zero-order chi connectivity index (χ0) is 21.3. The fourth-order valence-corrected chi connectivity index (χ4v) is 3.14. The van der Waals surface area contributed by atoms with Gasteiger partial charge in [-0.1, -0.05) is 60.7 Å². The van der Waals surface area contributed by atoms with Crippen molar-refractivity contribution >= 4 is 11.4 Å². The van der Waals surface area contributed by atoms with Crippen LogP contribution in [0.25, 0.3) is 33.9 Å². The molecule has 0 aliphatic heterocycles. The van der Waals surface area contributed by atoms with Gasteiger partial charge in [-0.3, -0.25) is 20.2 Å². The summed E-state index contributed by atoms with van der Waals surface area (Å²) in [6, 6.07) is 20.0. The van der Waals surface area contributed by atoms with Gasteiger partial charge in [-0.15, -0.1) is 0 Å². The first-order chi connectivity index (χ1) is 14.5. The molecule has 1 aromatic heterocycles. The minimum atomic E-state index is -0.946. The molecule has 1 N–H and O–H groups in total. The van der Waals surface area contributed by atoms with Crippen LogP contribution in [0.15, 0.2) is 72.8 Å². The molecule has 4 rings (SSSR count). The van der Waals surface area contributed by atoms with E-state index >= 15 is 0 Å². The summed E-state index contributed by atoms with van der Waals surface area (Å²) in [5, 5.41) is 35.1. The molecule has 0 spiro atoms. The Morgan fingerprint density at radius 3 is 1.97 bits per heavy atom. The second kappa shape index (κ2) is 7.47. The quantitative estimate of drug-likeness (QED) is 0.391. The molecular weight excluding hydrogens is 388 g/mol. The van der Waals surface area contributed by atoms with E-state index in [2.05, 4.69) is 9.97 Å². The van der Waals surface area contributed by atoms with Crippen molar-refractivity contribution in [3.8, 4) is 39.7 Å². The molecule has 3 aromatic carbocycles. The van der Waals surface area contributed by atoms with Crippen LogP contribution < -0.4 is 5.11 Å². The second-order valence-electron chi connectivity index (χ2n) is 6.40. The highest BCUT2D eigenvalue weighted by Gasteiger charge is 2.23. The number of hydrogen-bond donors (Lipinski definition) is 1. The van der Waals surface area contributed by atoms with Gasteiger partial charge in [0, 0.05) is 22.8 Å². The van der Waals surface area contributed by atoms with Gasteiger partial charge in [0.2, 0.25) is 0 Å². The van der Waals surface area contributed by atoms with Gasteiger partial charge in [-0.2, -0.15) is 0 Å². The van der Waals surface area contributed by atoms with Crippen LogP contribution in [-0.4, -0.2) is 19.8 Å². The van der Waals surface area contributed by atoms with Crippen molar-refractivity contribution in [3.63, 3.8) is 0 Å². The summed E-state index contributed by atoms with van der Waals surface area (Å²) in [5.41, 5.74) is 0.966. The van der Waals surface area contributed by atoms with Crippen molar-refractivity contribution < 1.29 is 15.0 Å². The summed E-state index contributed by atoms with van der Waals surface area (Å²) in [4.78, 5) is 28.3. The van der Waals surface area contributed by atoms with Crippen molar-refractivity contribution in [3.05, 3.63) is 93.0 Å². The number of hydrogen-bond acceptors (Lipinski definition) is 6. The number of non-ortho nitro benzene ring substituents is 1. The highest BCUT2D eigenvalue weighted by Crippen LogP contribution is 2.40. The van der Waals surface area contributed by atoms with Crippen molar-refractivity contribution in [2.24, 2.45) is 0 Å². The molecule has 30 heavy (non-hydrogen) atoms. The Bertz CT molecular complexity index is 1200. The van der Waals surface area contributed by atoms with Crippen molar-refractivity contribution in [2.45, 2.75) is 0 Å². The Balaban J connectivity index is 1.98. The van der Waals surface area contributed by atoms with Gasteiger partial charge in [-0.05, 0) is 5.75 Å². The van der Waals surface area contributed by atoms with Crippen LogP contribution in [0.5, 0.6) is 5.75 Å². The van der Waals surface area contributed by atoms with Crippen LogP contribution in [-0.2, 0) is 0 Å². The van der Waals surface area contributed by atoms with Crippen LogP contribution in [0.4, 0.5) is 11.4 Å². The van der Waals surface area contributed by atoms with Gasteiger partial charge in [-0.25, -0.2) is 4.98 Å². The Morgan fingerprint density at radius 2 is 1.40 bits per heavy atom. The standard InChI is InChI=1S/C21H14N4O5/c26-20-16(11-15(24(27)28)12-17(20)25(29)30)21-22-18(13-7-3-1-4-8-13)19(23-21)14-9-5-2-6-10-14/h1-12,26H,(H,22,23)/p-1. The van der Waals surface area contributed by atoms with E-state index in [0.717, 1.165) is 17.2 Å². The summed E-state index contributed by atoms with van der Waals surface area (Å²) < 4.78 is 0. The molecule has 1 heterocycles. The average Bonchev–Trinajstić information content (AvgIpc) is 3.20. The van der Waals surface area contributed by atoms with Gasteiger partial charge in [0.15, 0.2) is 0 Å². The highest BCUT2D eigenvalue weighted by atomic mass is 16.6. The zero-order valence-corrected chi connectivity index (χ0v) is 15.3. The lowest BCUT2D eigenvalue weighted by atomic mass is 10.1. The summed E-state index contributed by atoms with van der Waals surface area (Å²) in [6.45, 7) is 0. The van der Waals surface area contributed by atoms with Crippen molar-refractivity contribution in [1.82, 2.24) is 9.97 Å². The number of H-pyrrole nitrogens is 1. The lowest BCUT2D eigenvalue weighted by Gasteiger charge is -2.11. The largest absolute Gasteiger partial charge is 0.867 e. The number of nitrogens with one attached hydrogen (secondary N) is 1.